The smallest absolute Gasteiger partial charge is 0.233 e. The normalized spacial score (nSPS) is 10.7. The first-order chi connectivity index (χ1) is 8.20. The second-order valence-electron chi connectivity index (χ2n) is 3.81. The van der Waals surface area contributed by atoms with Gasteiger partial charge in [-0.25, -0.2) is 4.39 Å². The Morgan fingerprint density at radius 2 is 2.29 bits per heavy atom. The van der Waals surface area contributed by atoms with Gasteiger partial charge in [0.05, 0.1) is 6.54 Å². The Labute approximate surface area is 98.0 Å². The number of amides is 1. The number of carbonyl (C=O) groups is 1. The largest absolute Gasteiger partial charge is 0.361 e. The molecule has 1 aromatic carbocycles. The molecule has 0 spiro atoms. The summed E-state index contributed by atoms with van der Waals surface area (Å²) in [6.45, 7) is 0.527. The summed E-state index contributed by atoms with van der Waals surface area (Å²) in [5, 5.41) is 3.67. The summed E-state index contributed by atoms with van der Waals surface area (Å²) >= 11 is 0. The fourth-order valence-corrected chi connectivity index (χ4v) is 1.77. The molecule has 1 aromatic heterocycles. The molecule has 2 aromatic rings. The molecule has 4 N–H and O–H groups in total. The lowest BCUT2D eigenvalue weighted by atomic mass is 10.1. The highest BCUT2D eigenvalue weighted by atomic mass is 19.1. The summed E-state index contributed by atoms with van der Waals surface area (Å²) in [6, 6.07) is 4.62. The van der Waals surface area contributed by atoms with E-state index in [1.807, 2.05) is 6.20 Å². The maximum absolute atomic E-state index is 13.0. The predicted octanol–water partition coefficient (Wildman–Crippen LogP) is 0.924. The number of carbonyl (C=O) groups excluding carboxylic acids is 1. The summed E-state index contributed by atoms with van der Waals surface area (Å²) in [7, 11) is 0. The van der Waals surface area contributed by atoms with Crippen LogP contribution in [0.1, 0.15) is 5.56 Å². The molecular formula is C12H14FN3O. The Kier molecular flexibility index (Phi) is 3.39. The molecule has 1 amide bonds. The topological polar surface area (TPSA) is 70.9 Å². The van der Waals surface area contributed by atoms with Gasteiger partial charge in [-0.15, -0.1) is 0 Å². The van der Waals surface area contributed by atoms with Gasteiger partial charge in [0.25, 0.3) is 0 Å². The van der Waals surface area contributed by atoms with Gasteiger partial charge in [0.2, 0.25) is 5.91 Å². The Morgan fingerprint density at radius 3 is 3.06 bits per heavy atom. The third-order valence-electron chi connectivity index (χ3n) is 2.63. The number of hydrogen-bond acceptors (Lipinski definition) is 2. The van der Waals surface area contributed by atoms with E-state index in [4.69, 9.17) is 5.73 Å². The highest BCUT2D eigenvalue weighted by molar-refractivity contribution is 5.83. The number of aromatic amines is 1. The molecule has 0 radical (unpaired) electrons. The van der Waals surface area contributed by atoms with E-state index in [1.54, 1.807) is 6.07 Å². The zero-order valence-corrected chi connectivity index (χ0v) is 9.29. The van der Waals surface area contributed by atoms with Crippen molar-refractivity contribution in [2.45, 2.75) is 6.42 Å². The van der Waals surface area contributed by atoms with Crippen molar-refractivity contribution < 1.29 is 9.18 Å². The van der Waals surface area contributed by atoms with Crippen molar-refractivity contribution in [2.75, 3.05) is 13.1 Å². The molecule has 0 unspecified atom stereocenters. The Balaban J connectivity index is 2.06. The first-order valence-corrected chi connectivity index (χ1v) is 5.43. The Hall–Kier alpha value is -1.88. The van der Waals surface area contributed by atoms with Crippen LogP contribution >= 0.6 is 0 Å². The molecular weight excluding hydrogens is 221 g/mol. The number of aromatic nitrogens is 1. The molecule has 0 saturated carbocycles. The van der Waals surface area contributed by atoms with Gasteiger partial charge < -0.3 is 16.0 Å². The van der Waals surface area contributed by atoms with E-state index in [-0.39, 0.29) is 18.3 Å². The van der Waals surface area contributed by atoms with Gasteiger partial charge in [-0.3, -0.25) is 4.79 Å². The number of benzene rings is 1. The maximum atomic E-state index is 13.0. The van der Waals surface area contributed by atoms with Crippen LogP contribution in [0.5, 0.6) is 0 Å². The van der Waals surface area contributed by atoms with Crippen LogP contribution in [0.25, 0.3) is 10.9 Å². The summed E-state index contributed by atoms with van der Waals surface area (Å²) in [4.78, 5) is 14.0. The van der Waals surface area contributed by atoms with Crippen LogP contribution in [0.2, 0.25) is 0 Å². The lowest BCUT2D eigenvalue weighted by molar-refractivity contribution is -0.119. The van der Waals surface area contributed by atoms with Gasteiger partial charge in [0.1, 0.15) is 5.82 Å². The lowest BCUT2D eigenvalue weighted by Crippen LogP contribution is -2.31. The first kappa shape index (κ1) is 11.6. The summed E-state index contributed by atoms with van der Waals surface area (Å²) in [5.74, 6) is -0.432. The molecule has 90 valence electrons. The fourth-order valence-electron chi connectivity index (χ4n) is 1.77. The number of hydrogen-bond donors (Lipinski definition) is 3. The summed E-state index contributed by atoms with van der Waals surface area (Å²) in [5.41, 5.74) is 7.00. The van der Waals surface area contributed by atoms with Crippen LogP contribution in [0.15, 0.2) is 24.4 Å². The van der Waals surface area contributed by atoms with Crippen LogP contribution in [-0.4, -0.2) is 24.0 Å². The van der Waals surface area contributed by atoms with E-state index in [0.717, 1.165) is 16.5 Å². The van der Waals surface area contributed by atoms with Crippen molar-refractivity contribution in [2.24, 2.45) is 5.73 Å². The molecule has 2 rings (SSSR count). The van der Waals surface area contributed by atoms with E-state index >= 15 is 0 Å². The van der Waals surface area contributed by atoms with Crippen LogP contribution in [0, 0.1) is 5.82 Å². The van der Waals surface area contributed by atoms with Crippen LogP contribution in [0.3, 0.4) is 0 Å². The predicted molar refractivity (Wildman–Crippen MR) is 64.0 cm³/mol. The quantitative estimate of drug-likeness (QED) is 0.737. The lowest BCUT2D eigenvalue weighted by Gasteiger charge is -2.02. The number of nitrogens with one attached hydrogen (secondary N) is 2. The van der Waals surface area contributed by atoms with Gasteiger partial charge in [-0.2, -0.15) is 0 Å². The second-order valence-corrected chi connectivity index (χ2v) is 3.81. The molecule has 0 saturated heterocycles. The minimum absolute atomic E-state index is 0.000897. The molecule has 0 aliphatic carbocycles. The van der Waals surface area contributed by atoms with Gasteiger partial charge in [0.15, 0.2) is 0 Å². The van der Waals surface area contributed by atoms with E-state index in [9.17, 15) is 9.18 Å². The molecule has 0 bridgehead atoms. The summed E-state index contributed by atoms with van der Waals surface area (Å²) in [6.07, 6.45) is 2.52. The Bertz CT molecular complexity index is 536. The number of nitrogens with two attached hydrogens (primary N) is 1. The van der Waals surface area contributed by atoms with Crippen LogP contribution in [0.4, 0.5) is 4.39 Å². The standard InChI is InChI=1S/C12H14FN3O/c13-9-1-2-10-8(7-16-11(10)5-9)3-4-15-12(17)6-14/h1-2,5,7,16H,3-4,6,14H2,(H,15,17). The molecule has 0 fully saturated rings. The summed E-state index contributed by atoms with van der Waals surface area (Å²) < 4.78 is 13.0. The van der Waals surface area contributed by atoms with Gasteiger partial charge in [0, 0.05) is 23.6 Å². The van der Waals surface area contributed by atoms with Crippen molar-refractivity contribution in [3.8, 4) is 0 Å². The van der Waals surface area contributed by atoms with Gasteiger partial charge in [-0.1, -0.05) is 0 Å². The Morgan fingerprint density at radius 1 is 1.47 bits per heavy atom. The SMILES string of the molecule is NCC(=O)NCCc1c[nH]c2cc(F)ccc12. The molecule has 5 heteroatoms. The molecule has 0 atom stereocenters. The molecule has 0 aliphatic heterocycles. The van der Waals surface area contributed by atoms with Crippen molar-refractivity contribution in [1.82, 2.24) is 10.3 Å². The van der Waals surface area contributed by atoms with Crippen molar-refractivity contribution in [3.63, 3.8) is 0 Å². The van der Waals surface area contributed by atoms with Gasteiger partial charge in [-0.05, 0) is 30.2 Å². The van der Waals surface area contributed by atoms with E-state index in [2.05, 4.69) is 10.3 Å². The molecule has 4 nitrogen and oxygen atoms in total. The van der Waals surface area contributed by atoms with Crippen molar-refractivity contribution in [1.29, 1.82) is 0 Å². The zero-order chi connectivity index (χ0) is 12.3. The third-order valence-corrected chi connectivity index (χ3v) is 2.63. The minimum atomic E-state index is -0.262. The molecule has 0 aliphatic rings. The number of H-pyrrole nitrogens is 1. The zero-order valence-electron chi connectivity index (χ0n) is 9.29. The van der Waals surface area contributed by atoms with Crippen molar-refractivity contribution in [3.05, 3.63) is 35.8 Å². The number of fused-ring (bicyclic) bond motifs is 1. The third kappa shape index (κ3) is 2.62. The first-order valence-electron chi connectivity index (χ1n) is 5.43. The van der Waals surface area contributed by atoms with Gasteiger partial charge >= 0.3 is 0 Å². The number of rotatable bonds is 4. The highest BCUT2D eigenvalue weighted by Gasteiger charge is 2.05. The highest BCUT2D eigenvalue weighted by Crippen LogP contribution is 2.19. The average Bonchev–Trinajstić information content (AvgIpc) is 2.71. The van der Waals surface area contributed by atoms with Crippen LogP contribution < -0.4 is 11.1 Å². The van der Waals surface area contributed by atoms with E-state index in [1.165, 1.54) is 12.1 Å². The fraction of sp³-hybridized carbons (Fsp3) is 0.250. The second kappa shape index (κ2) is 4.97. The van der Waals surface area contributed by atoms with E-state index < -0.39 is 0 Å². The molecule has 1 heterocycles. The minimum Gasteiger partial charge on any atom is -0.361 e. The van der Waals surface area contributed by atoms with E-state index in [0.29, 0.717) is 13.0 Å². The van der Waals surface area contributed by atoms with Crippen molar-refractivity contribution >= 4 is 16.8 Å². The molecule has 17 heavy (non-hydrogen) atoms. The monoisotopic (exact) mass is 235 g/mol. The van der Waals surface area contributed by atoms with Crippen LogP contribution in [-0.2, 0) is 11.2 Å². The maximum Gasteiger partial charge on any atom is 0.233 e. The average molecular weight is 235 g/mol. The number of halogens is 1.